The number of nitrogens with one attached hydrogen (secondary N) is 1. The minimum Gasteiger partial charge on any atom is -0.395 e. The van der Waals surface area contributed by atoms with Crippen molar-refractivity contribution in [2.24, 2.45) is 0 Å². The van der Waals surface area contributed by atoms with E-state index in [2.05, 4.69) is 39.5 Å². The Morgan fingerprint density at radius 2 is 2.00 bits per heavy atom. The molecule has 0 unspecified atom stereocenters. The fraction of sp³-hybridized carbons (Fsp3) is 0.467. The van der Waals surface area contributed by atoms with Crippen molar-refractivity contribution >= 4 is 16.5 Å². The van der Waals surface area contributed by atoms with E-state index in [-0.39, 0.29) is 6.61 Å². The molecule has 114 valence electrons. The molecule has 0 atom stereocenters. The summed E-state index contributed by atoms with van der Waals surface area (Å²) in [6.07, 6.45) is 1.07. The zero-order chi connectivity index (χ0) is 14.9. The second-order valence-electron chi connectivity index (χ2n) is 4.85. The first kappa shape index (κ1) is 15.9. The summed E-state index contributed by atoms with van der Waals surface area (Å²) in [6.45, 7) is 5.33. The van der Waals surface area contributed by atoms with Crippen molar-refractivity contribution in [2.45, 2.75) is 26.4 Å². The minimum absolute atomic E-state index is 0.145. The molecular weight excluding hydrogens is 284 g/mol. The normalized spacial score (nSPS) is 11.0. The lowest BCUT2D eigenvalue weighted by Gasteiger charge is -2.19. The summed E-state index contributed by atoms with van der Waals surface area (Å²) in [5.41, 5.74) is 1.24. The summed E-state index contributed by atoms with van der Waals surface area (Å²) in [6, 6.07) is 10.3. The molecule has 2 N–H and O–H groups in total. The van der Waals surface area contributed by atoms with E-state index in [1.807, 2.05) is 18.2 Å². The maximum absolute atomic E-state index is 9.23. The van der Waals surface area contributed by atoms with E-state index >= 15 is 0 Å². The summed E-state index contributed by atoms with van der Waals surface area (Å²) >= 11 is 1.58. The SMILES string of the molecule is CCCNc1nnc(CN(CCO)Cc2ccccc2)s1. The van der Waals surface area contributed by atoms with E-state index in [0.29, 0.717) is 13.1 Å². The molecule has 0 spiro atoms. The summed E-state index contributed by atoms with van der Waals surface area (Å²) < 4.78 is 0. The molecule has 0 saturated heterocycles. The van der Waals surface area contributed by atoms with Gasteiger partial charge in [0.2, 0.25) is 5.13 Å². The molecule has 0 saturated carbocycles. The molecule has 0 radical (unpaired) electrons. The third-order valence-electron chi connectivity index (χ3n) is 3.02. The first-order valence-electron chi connectivity index (χ1n) is 7.25. The van der Waals surface area contributed by atoms with Gasteiger partial charge in [-0.3, -0.25) is 4.90 Å². The molecule has 1 heterocycles. The van der Waals surface area contributed by atoms with E-state index in [1.54, 1.807) is 11.3 Å². The fourth-order valence-corrected chi connectivity index (χ4v) is 2.82. The quantitative estimate of drug-likeness (QED) is 0.745. The van der Waals surface area contributed by atoms with Gasteiger partial charge in [0, 0.05) is 19.6 Å². The van der Waals surface area contributed by atoms with Gasteiger partial charge < -0.3 is 10.4 Å². The highest BCUT2D eigenvalue weighted by molar-refractivity contribution is 7.15. The molecule has 1 aromatic carbocycles. The molecule has 0 aliphatic rings. The van der Waals surface area contributed by atoms with Crippen LogP contribution in [0.3, 0.4) is 0 Å². The number of hydrogen-bond acceptors (Lipinski definition) is 6. The van der Waals surface area contributed by atoms with Gasteiger partial charge in [0.15, 0.2) is 0 Å². The lowest BCUT2D eigenvalue weighted by Crippen LogP contribution is -2.26. The van der Waals surface area contributed by atoms with Crippen molar-refractivity contribution in [3.05, 3.63) is 40.9 Å². The number of aliphatic hydroxyl groups excluding tert-OH is 1. The Labute approximate surface area is 129 Å². The summed E-state index contributed by atoms with van der Waals surface area (Å²) in [4.78, 5) is 2.18. The zero-order valence-electron chi connectivity index (χ0n) is 12.3. The molecule has 2 aromatic rings. The van der Waals surface area contributed by atoms with E-state index < -0.39 is 0 Å². The largest absolute Gasteiger partial charge is 0.395 e. The molecule has 21 heavy (non-hydrogen) atoms. The topological polar surface area (TPSA) is 61.3 Å². The fourth-order valence-electron chi connectivity index (χ4n) is 2.01. The van der Waals surface area contributed by atoms with Gasteiger partial charge in [0.05, 0.1) is 13.2 Å². The van der Waals surface area contributed by atoms with Gasteiger partial charge in [0.1, 0.15) is 5.01 Å². The third-order valence-corrected chi connectivity index (χ3v) is 3.88. The van der Waals surface area contributed by atoms with Crippen molar-refractivity contribution in [3.63, 3.8) is 0 Å². The standard InChI is InChI=1S/C15H22N4OS/c1-2-8-16-15-18-17-14(21-15)12-19(9-10-20)11-13-6-4-3-5-7-13/h3-7,20H,2,8-12H2,1H3,(H,16,18). The Morgan fingerprint density at radius 3 is 2.71 bits per heavy atom. The van der Waals surface area contributed by atoms with Gasteiger partial charge in [-0.15, -0.1) is 10.2 Å². The van der Waals surface area contributed by atoms with Crippen LogP contribution in [0.5, 0.6) is 0 Å². The molecule has 0 amide bonds. The van der Waals surface area contributed by atoms with Crippen LogP contribution in [0, 0.1) is 0 Å². The number of nitrogens with zero attached hydrogens (tertiary/aromatic N) is 3. The predicted molar refractivity (Wildman–Crippen MR) is 86.3 cm³/mol. The average Bonchev–Trinajstić information content (AvgIpc) is 2.94. The monoisotopic (exact) mass is 306 g/mol. The van der Waals surface area contributed by atoms with Gasteiger partial charge in [-0.25, -0.2) is 0 Å². The highest BCUT2D eigenvalue weighted by Crippen LogP contribution is 2.17. The Kier molecular flexibility index (Phi) is 6.59. The van der Waals surface area contributed by atoms with E-state index in [0.717, 1.165) is 29.6 Å². The number of aromatic nitrogens is 2. The van der Waals surface area contributed by atoms with Crippen molar-refractivity contribution in [1.82, 2.24) is 15.1 Å². The number of aliphatic hydroxyl groups is 1. The van der Waals surface area contributed by atoms with E-state index in [1.165, 1.54) is 5.56 Å². The summed E-state index contributed by atoms with van der Waals surface area (Å²) in [5.74, 6) is 0. The van der Waals surface area contributed by atoms with Gasteiger partial charge >= 0.3 is 0 Å². The van der Waals surface area contributed by atoms with Crippen LogP contribution in [0.15, 0.2) is 30.3 Å². The Bertz CT molecular complexity index is 517. The maximum atomic E-state index is 9.23. The average molecular weight is 306 g/mol. The number of anilines is 1. The van der Waals surface area contributed by atoms with Crippen LogP contribution in [-0.4, -0.2) is 39.9 Å². The van der Waals surface area contributed by atoms with Crippen LogP contribution in [0.25, 0.3) is 0 Å². The van der Waals surface area contributed by atoms with Crippen molar-refractivity contribution in [1.29, 1.82) is 0 Å². The summed E-state index contributed by atoms with van der Waals surface area (Å²) in [7, 11) is 0. The van der Waals surface area contributed by atoms with Crippen molar-refractivity contribution in [3.8, 4) is 0 Å². The van der Waals surface area contributed by atoms with Crippen molar-refractivity contribution in [2.75, 3.05) is 25.0 Å². The molecule has 6 heteroatoms. The molecule has 0 fully saturated rings. The third kappa shape index (κ3) is 5.41. The second kappa shape index (κ2) is 8.71. The van der Waals surface area contributed by atoms with Crippen molar-refractivity contribution < 1.29 is 5.11 Å². The van der Waals surface area contributed by atoms with Crippen LogP contribution < -0.4 is 5.32 Å². The van der Waals surface area contributed by atoms with E-state index in [4.69, 9.17) is 0 Å². The van der Waals surface area contributed by atoms with E-state index in [9.17, 15) is 5.11 Å². The van der Waals surface area contributed by atoms with Gasteiger partial charge in [-0.2, -0.15) is 0 Å². The Morgan fingerprint density at radius 1 is 1.19 bits per heavy atom. The molecular formula is C15H22N4OS. The Hall–Kier alpha value is -1.50. The molecule has 0 bridgehead atoms. The predicted octanol–water partition coefficient (Wildman–Crippen LogP) is 2.35. The summed E-state index contributed by atoms with van der Waals surface area (Å²) in [5, 5.41) is 22.7. The van der Waals surface area contributed by atoms with Crippen LogP contribution in [0.4, 0.5) is 5.13 Å². The molecule has 5 nitrogen and oxygen atoms in total. The number of benzene rings is 1. The van der Waals surface area contributed by atoms with Gasteiger partial charge in [-0.1, -0.05) is 48.6 Å². The highest BCUT2D eigenvalue weighted by Gasteiger charge is 2.10. The Balaban J connectivity index is 1.94. The first-order chi connectivity index (χ1) is 10.3. The lowest BCUT2D eigenvalue weighted by atomic mass is 10.2. The molecule has 0 aliphatic carbocycles. The smallest absolute Gasteiger partial charge is 0.205 e. The van der Waals surface area contributed by atoms with Gasteiger partial charge in [0.25, 0.3) is 0 Å². The molecule has 2 rings (SSSR count). The van der Waals surface area contributed by atoms with Crippen LogP contribution in [-0.2, 0) is 13.1 Å². The number of rotatable bonds is 9. The first-order valence-corrected chi connectivity index (χ1v) is 8.07. The molecule has 1 aromatic heterocycles. The minimum atomic E-state index is 0.145. The zero-order valence-corrected chi connectivity index (χ0v) is 13.1. The van der Waals surface area contributed by atoms with Crippen LogP contribution in [0.1, 0.15) is 23.9 Å². The van der Waals surface area contributed by atoms with Gasteiger partial charge in [-0.05, 0) is 12.0 Å². The number of hydrogen-bond donors (Lipinski definition) is 2. The lowest BCUT2D eigenvalue weighted by molar-refractivity contribution is 0.184. The second-order valence-corrected chi connectivity index (χ2v) is 5.91. The highest BCUT2D eigenvalue weighted by atomic mass is 32.1. The molecule has 0 aliphatic heterocycles. The van der Waals surface area contributed by atoms with Crippen LogP contribution >= 0.6 is 11.3 Å². The maximum Gasteiger partial charge on any atom is 0.205 e. The van der Waals surface area contributed by atoms with Crippen LogP contribution in [0.2, 0.25) is 0 Å².